The number of carbonyl (C=O) groups excluding carboxylic acids is 1. The molecule has 2 aromatic rings. The van der Waals surface area contributed by atoms with Crippen LogP contribution in [0.1, 0.15) is 36.4 Å². The highest BCUT2D eigenvalue weighted by Gasteiger charge is 2.60. The van der Waals surface area contributed by atoms with E-state index in [4.69, 9.17) is 0 Å². The number of anilines is 1. The molecular formula is C20H21N3O3S. The Bertz CT molecular complexity index is 1000. The van der Waals surface area contributed by atoms with E-state index in [0.29, 0.717) is 13.0 Å². The number of hydrogen-bond donors (Lipinski definition) is 1. The minimum Gasteiger partial charge on any atom is -0.325 e. The zero-order chi connectivity index (χ0) is 18.6. The lowest BCUT2D eigenvalue weighted by Crippen LogP contribution is -2.43. The zero-order valence-electron chi connectivity index (χ0n) is 14.8. The average Bonchev–Trinajstić information content (AvgIpc) is 3.29. The van der Waals surface area contributed by atoms with Crippen LogP contribution in [-0.2, 0) is 20.2 Å². The number of para-hydroxylation sites is 1. The number of nitrogens with zero attached hydrogens (tertiary/aromatic N) is 2. The van der Waals surface area contributed by atoms with Crippen LogP contribution in [0.4, 0.5) is 5.69 Å². The lowest BCUT2D eigenvalue weighted by Gasteiger charge is -2.33. The van der Waals surface area contributed by atoms with Crippen molar-refractivity contribution < 1.29 is 13.2 Å². The fraction of sp³-hybridized carbons (Fsp3) is 0.400. The van der Waals surface area contributed by atoms with Crippen LogP contribution >= 0.6 is 0 Å². The van der Waals surface area contributed by atoms with E-state index < -0.39 is 21.5 Å². The molecule has 1 aromatic carbocycles. The number of benzene rings is 1. The molecule has 7 heteroatoms. The monoisotopic (exact) mass is 383 g/mol. The van der Waals surface area contributed by atoms with Crippen molar-refractivity contribution in [2.45, 2.75) is 30.7 Å². The fourth-order valence-electron chi connectivity index (χ4n) is 4.62. The number of hydrogen-bond acceptors (Lipinski definition) is 4. The van der Waals surface area contributed by atoms with Crippen LogP contribution in [0.3, 0.4) is 0 Å². The van der Waals surface area contributed by atoms with E-state index in [1.54, 1.807) is 22.8 Å². The first kappa shape index (κ1) is 16.9. The van der Waals surface area contributed by atoms with Gasteiger partial charge in [0.05, 0.1) is 17.2 Å². The van der Waals surface area contributed by atoms with E-state index >= 15 is 0 Å². The predicted octanol–water partition coefficient (Wildman–Crippen LogP) is 2.46. The maximum atomic E-state index is 13.2. The van der Waals surface area contributed by atoms with E-state index in [9.17, 15) is 13.2 Å². The number of sulfonamides is 1. The number of nitrogens with one attached hydrogen (secondary N) is 1. The van der Waals surface area contributed by atoms with Crippen molar-refractivity contribution in [2.24, 2.45) is 5.92 Å². The molecule has 1 spiro atoms. The zero-order valence-corrected chi connectivity index (χ0v) is 15.7. The van der Waals surface area contributed by atoms with Crippen molar-refractivity contribution in [1.29, 1.82) is 0 Å². The Hall–Kier alpha value is -2.25. The number of amides is 1. The van der Waals surface area contributed by atoms with E-state index in [2.05, 4.69) is 10.3 Å². The summed E-state index contributed by atoms with van der Waals surface area (Å²) >= 11 is 0. The Morgan fingerprint density at radius 2 is 2.00 bits per heavy atom. The quantitative estimate of drug-likeness (QED) is 0.880. The molecule has 6 nitrogen and oxygen atoms in total. The highest BCUT2D eigenvalue weighted by molar-refractivity contribution is 7.89. The largest absolute Gasteiger partial charge is 0.325 e. The van der Waals surface area contributed by atoms with Crippen molar-refractivity contribution in [3.63, 3.8) is 0 Å². The summed E-state index contributed by atoms with van der Waals surface area (Å²) in [6, 6.07) is 10.7. The first-order valence-corrected chi connectivity index (χ1v) is 10.9. The molecule has 1 N–H and O–H groups in total. The Morgan fingerprint density at radius 1 is 1.19 bits per heavy atom. The summed E-state index contributed by atoms with van der Waals surface area (Å²) in [5, 5.41) is 2.97. The topological polar surface area (TPSA) is 79.4 Å². The molecule has 0 radical (unpaired) electrons. The minimum absolute atomic E-state index is 0.123. The molecule has 1 amide bonds. The number of pyridine rings is 1. The van der Waals surface area contributed by atoms with Gasteiger partial charge in [0.1, 0.15) is 0 Å². The van der Waals surface area contributed by atoms with Crippen molar-refractivity contribution in [1.82, 2.24) is 9.29 Å². The molecule has 0 bridgehead atoms. The second kappa shape index (κ2) is 5.87. The molecule has 2 unspecified atom stereocenters. The lowest BCUT2D eigenvalue weighted by molar-refractivity contribution is -0.121. The van der Waals surface area contributed by atoms with Crippen molar-refractivity contribution >= 4 is 21.6 Å². The average molecular weight is 383 g/mol. The molecule has 2 fully saturated rings. The maximum absolute atomic E-state index is 13.2. The summed E-state index contributed by atoms with van der Waals surface area (Å²) in [5.74, 6) is 0.302. The van der Waals surface area contributed by atoms with Gasteiger partial charge in [0, 0.05) is 24.6 Å². The second-order valence-electron chi connectivity index (χ2n) is 7.74. The number of rotatable bonds is 4. The summed E-state index contributed by atoms with van der Waals surface area (Å²) in [7, 11) is -3.46. The van der Waals surface area contributed by atoms with Gasteiger partial charge in [-0.2, -0.15) is 4.31 Å². The van der Waals surface area contributed by atoms with Gasteiger partial charge in [-0.3, -0.25) is 9.78 Å². The Labute approximate surface area is 158 Å². The molecule has 2 aliphatic heterocycles. The molecule has 1 aromatic heterocycles. The normalized spacial score (nSPS) is 27.7. The van der Waals surface area contributed by atoms with Gasteiger partial charge in [-0.05, 0) is 48.4 Å². The van der Waals surface area contributed by atoms with Gasteiger partial charge in [0.25, 0.3) is 0 Å². The molecule has 1 aliphatic carbocycles. The van der Waals surface area contributed by atoms with Crippen LogP contribution in [-0.4, -0.2) is 35.9 Å². The first-order valence-electron chi connectivity index (χ1n) is 9.33. The standard InChI is InChI=1S/C20H21N3O3S/c24-19-20(16-5-1-2-6-17(16)22-19)9-11-23(27(25,26)13-14-7-8-14)18(20)15-4-3-10-21-12-15/h1-6,10,12,14,18H,7-9,11,13H2,(H,22,24). The molecule has 3 aliphatic rings. The lowest BCUT2D eigenvalue weighted by atomic mass is 9.73. The molecule has 1 saturated heterocycles. The number of aromatic nitrogens is 1. The SMILES string of the molecule is O=C1Nc2ccccc2C12CCN(S(=O)(=O)CC1CC1)C2c1cccnc1. The van der Waals surface area contributed by atoms with Gasteiger partial charge in [0.15, 0.2) is 0 Å². The third-order valence-corrected chi connectivity index (χ3v) is 8.04. The summed E-state index contributed by atoms with van der Waals surface area (Å²) in [5.41, 5.74) is 1.52. The Balaban J connectivity index is 1.67. The van der Waals surface area contributed by atoms with Gasteiger partial charge in [-0.1, -0.05) is 24.3 Å². The van der Waals surface area contributed by atoms with Crippen molar-refractivity contribution in [2.75, 3.05) is 17.6 Å². The van der Waals surface area contributed by atoms with E-state index in [0.717, 1.165) is 29.7 Å². The van der Waals surface area contributed by atoms with Gasteiger partial charge >= 0.3 is 0 Å². The van der Waals surface area contributed by atoms with Crippen LogP contribution in [0.25, 0.3) is 0 Å². The van der Waals surface area contributed by atoms with Crippen molar-refractivity contribution in [3.8, 4) is 0 Å². The minimum atomic E-state index is -3.46. The Morgan fingerprint density at radius 3 is 2.74 bits per heavy atom. The van der Waals surface area contributed by atoms with Crippen LogP contribution in [0, 0.1) is 5.92 Å². The summed E-state index contributed by atoms with van der Waals surface area (Å²) < 4.78 is 28.0. The van der Waals surface area contributed by atoms with E-state index in [1.807, 2.05) is 30.3 Å². The third-order valence-electron chi connectivity index (χ3n) is 6.04. The molecule has 27 heavy (non-hydrogen) atoms. The van der Waals surface area contributed by atoms with Crippen LogP contribution in [0.15, 0.2) is 48.8 Å². The molecule has 1 saturated carbocycles. The van der Waals surface area contributed by atoms with E-state index in [1.165, 1.54) is 0 Å². The molecule has 140 valence electrons. The second-order valence-corrected chi connectivity index (χ2v) is 9.71. The maximum Gasteiger partial charge on any atom is 0.237 e. The molecule has 2 atom stereocenters. The smallest absolute Gasteiger partial charge is 0.237 e. The Kier molecular flexibility index (Phi) is 3.67. The summed E-state index contributed by atoms with van der Waals surface area (Å²) in [6.45, 7) is 0.344. The third kappa shape index (κ3) is 2.52. The van der Waals surface area contributed by atoms with Gasteiger partial charge in [0.2, 0.25) is 15.9 Å². The van der Waals surface area contributed by atoms with Crippen LogP contribution < -0.4 is 5.32 Å². The van der Waals surface area contributed by atoms with Gasteiger partial charge in [-0.15, -0.1) is 0 Å². The highest BCUT2D eigenvalue weighted by Crippen LogP contribution is 2.55. The van der Waals surface area contributed by atoms with Crippen LogP contribution in [0.5, 0.6) is 0 Å². The molecular weight excluding hydrogens is 362 g/mol. The number of carbonyl (C=O) groups is 1. The van der Waals surface area contributed by atoms with E-state index in [-0.39, 0.29) is 17.6 Å². The molecule has 3 heterocycles. The summed E-state index contributed by atoms with van der Waals surface area (Å²) in [4.78, 5) is 17.4. The highest BCUT2D eigenvalue weighted by atomic mass is 32.2. The number of fused-ring (bicyclic) bond motifs is 2. The predicted molar refractivity (Wildman–Crippen MR) is 102 cm³/mol. The first-order chi connectivity index (χ1) is 13.0. The van der Waals surface area contributed by atoms with Crippen molar-refractivity contribution in [3.05, 3.63) is 59.9 Å². The van der Waals surface area contributed by atoms with Gasteiger partial charge < -0.3 is 5.32 Å². The van der Waals surface area contributed by atoms with Gasteiger partial charge in [-0.25, -0.2) is 8.42 Å². The fourth-order valence-corrected chi connectivity index (χ4v) is 6.73. The van der Waals surface area contributed by atoms with Crippen LogP contribution in [0.2, 0.25) is 0 Å². The summed E-state index contributed by atoms with van der Waals surface area (Å²) in [6.07, 6.45) is 5.76. The molecule has 5 rings (SSSR count).